The molecule has 5 fully saturated rings. The molecule has 6 aliphatic heterocycles. The van der Waals surface area contributed by atoms with Crippen molar-refractivity contribution in [2.24, 2.45) is 11.1 Å². The molecule has 16 nitrogen and oxygen atoms in total. The zero-order valence-corrected chi connectivity index (χ0v) is 32.0. The van der Waals surface area contributed by atoms with E-state index in [1.165, 1.54) is 0 Å². The molecule has 1 spiro atoms. The predicted molar refractivity (Wildman–Crippen MR) is 209 cm³/mol. The Labute approximate surface area is 329 Å². The minimum absolute atomic E-state index is 0.0620. The zero-order chi connectivity index (χ0) is 39.6. The first-order valence-corrected chi connectivity index (χ1v) is 19.8. The number of urea groups is 1. The van der Waals surface area contributed by atoms with Gasteiger partial charge < -0.3 is 30.2 Å². The number of carbonyl (C=O) groups excluding carboxylic acids is 6. The number of nitrogens with zero attached hydrogens (tertiary/aromatic N) is 8. The van der Waals surface area contributed by atoms with Crippen molar-refractivity contribution in [3.05, 3.63) is 76.7 Å². The number of rotatable bonds is 8. The third-order valence-corrected chi connectivity index (χ3v) is 12.8. The molecule has 6 aliphatic rings. The van der Waals surface area contributed by atoms with E-state index in [4.69, 9.17) is 10.7 Å². The highest BCUT2D eigenvalue weighted by atomic mass is 16.2. The molecule has 3 aromatic rings. The van der Waals surface area contributed by atoms with Gasteiger partial charge in [-0.3, -0.25) is 34.2 Å². The predicted octanol–water partition coefficient (Wildman–Crippen LogP) is 2.01. The van der Waals surface area contributed by atoms with Gasteiger partial charge in [-0.2, -0.15) is 0 Å². The Morgan fingerprint density at radius 3 is 2.37 bits per heavy atom. The molecule has 1 unspecified atom stereocenters. The topological polar surface area (TPSA) is 186 Å². The number of imide groups is 2. The van der Waals surface area contributed by atoms with Crippen molar-refractivity contribution in [1.29, 1.82) is 0 Å². The number of nitrogens with two attached hydrogens (primary N) is 1. The molecular formula is C41H46N10O6. The molecule has 1 aromatic heterocycles. The van der Waals surface area contributed by atoms with E-state index in [2.05, 4.69) is 49.3 Å². The number of piperidine rings is 3. The molecule has 0 bridgehead atoms. The maximum absolute atomic E-state index is 13.7. The quantitative estimate of drug-likeness (QED) is 0.319. The Morgan fingerprint density at radius 2 is 1.67 bits per heavy atom. The molecular weight excluding hydrogens is 729 g/mol. The molecule has 296 valence electrons. The molecule has 0 radical (unpaired) electrons. The van der Waals surface area contributed by atoms with E-state index in [0.29, 0.717) is 41.3 Å². The number of benzene rings is 2. The number of hydrogen-bond donors (Lipinski definition) is 2. The van der Waals surface area contributed by atoms with Gasteiger partial charge in [-0.05, 0) is 61.9 Å². The maximum atomic E-state index is 13.7. The second-order valence-corrected chi connectivity index (χ2v) is 16.4. The number of primary amides is 1. The largest absolute Gasteiger partial charge is 0.371 e. The van der Waals surface area contributed by atoms with Crippen LogP contribution < -0.4 is 25.8 Å². The second kappa shape index (κ2) is 14.2. The van der Waals surface area contributed by atoms with Crippen molar-refractivity contribution in [2.45, 2.75) is 57.0 Å². The van der Waals surface area contributed by atoms with Gasteiger partial charge in [0.2, 0.25) is 11.8 Å². The summed E-state index contributed by atoms with van der Waals surface area (Å²) in [5, 5.41) is 2.26. The van der Waals surface area contributed by atoms with Crippen LogP contribution in [-0.4, -0.2) is 132 Å². The SMILES string of the molecule is CN1CCN([C@H]2CCCN(c3cnc(C(N)=O)c(Cc4ccc(N5CCC6(CC5)CN(c5cccc7c5C(=O)N(C5CCC(=O)NC5=O)C7=O)C6)cc4)n3)C2)C1=O. The first-order valence-electron chi connectivity index (χ1n) is 19.8. The van der Waals surface area contributed by atoms with Gasteiger partial charge in [0.1, 0.15) is 17.6 Å². The number of fused-ring (bicyclic) bond motifs is 1. The van der Waals surface area contributed by atoms with E-state index in [1.807, 2.05) is 18.0 Å². The fraction of sp³-hybridized carbons (Fsp3) is 0.463. The lowest BCUT2D eigenvalue weighted by atomic mass is 9.71. The first-order chi connectivity index (χ1) is 27.5. The molecule has 0 saturated carbocycles. The summed E-state index contributed by atoms with van der Waals surface area (Å²) in [6.45, 7) is 6.18. The summed E-state index contributed by atoms with van der Waals surface area (Å²) < 4.78 is 0. The molecule has 2 aromatic carbocycles. The van der Waals surface area contributed by atoms with Crippen molar-refractivity contribution in [1.82, 2.24) is 30.0 Å². The van der Waals surface area contributed by atoms with E-state index in [1.54, 1.807) is 23.2 Å². The molecule has 7 amide bonds. The Balaban J connectivity index is 0.823. The molecule has 0 aliphatic carbocycles. The Bertz CT molecular complexity index is 2180. The van der Waals surface area contributed by atoms with Crippen LogP contribution in [0.5, 0.6) is 0 Å². The number of nitrogens with one attached hydrogen (secondary N) is 1. The van der Waals surface area contributed by atoms with Crippen LogP contribution in [0.1, 0.15) is 81.0 Å². The summed E-state index contributed by atoms with van der Waals surface area (Å²) in [5.74, 6) is -1.93. The number of anilines is 3. The summed E-state index contributed by atoms with van der Waals surface area (Å²) in [6, 6.07) is 12.8. The van der Waals surface area contributed by atoms with Crippen molar-refractivity contribution in [3.63, 3.8) is 0 Å². The van der Waals surface area contributed by atoms with E-state index < -0.39 is 35.6 Å². The lowest BCUT2D eigenvalue weighted by molar-refractivity contribution is -0.136. The van der Waals surface area contributed by atoms with Crippen LogP contribution in [-0.2, 0) is 16.0 Å². The summed E-state index contributed by atoms with van der Waals surface area (Å²) in [7, 11) is 1.83. The van der Waals surface area contributed by atoms with Crippen LogP contribution in [0.2, 0.25) is 0 Å². The molecule has 57 heavy (non-hydrogen) atoms. The number of amides is 7. The second-order valence-electron chi connectivity index (χ2n) is 16.4. The van der Waals surface area contributed by atoms with Crippen LogP contribution in [0.4, 0.5) is 22.0 Å². The van der Waals surface area contributed by atoms with Crippen molar-refractivity contribution >= 4 is 52.8 Å². The van der Waals surface area contributed by atoms with Crippen LogP contribution >= 0.6 is 0 Å². The number of likely N-dealkylation sites (N-methyl/N-ethyl adjacent to an activating group) is 1. The Kier molecular flexibility index (Phi) is 9.08. The third kappa shape index (κ3) is 6.49. The van der Waals surface area contributed by atoms with E-state index >= 15 is 0 Å². The monoisotopic (exact) mass is 774 g/mol. The lowest BCUT2D eigenvalue weighted by Gasteiger charge is -2.55. The highest BCUT2D eigenvalue weighted by Gasteiger charge is 2.50. The van der Waals surface area contributed by atoms with Gasteiger partial charge in [-0.15, -0.1) is 0 Å². The van der Waals surface area contributed by atoms with Gasteiger partial charge in [0.15, 0.2) is 0 Å². The average Bonchev–Trinajstić information content (AvgIpc) is 3.67. The van der Waals surface area contributed by atoms with Gasteiger partial charge in [-0.25, -0.2) is 14.8 Å². The van der Waals surface area contributed by atoms with Crippen molar-refractivity contribution < 1.29 is 28.8 Å². The number of hydrogen-bond acceptors (Lipinski definition) is 11. The minimum Gasteiger partial charge on any atom is -0.371 e. The molecule has 16 heteroatoms. The highest BCUT2D eigenvalue weighted by molar-refractivity contribution is 6.25. The minimum atomic E-state index is -0.994. The van der Waals surface area contributed by atoms with Gasteiger partial charge in [-0.1, -0.05) is 18.2 Å². The van der Waals surface area contributed by atoms with Gasteiger partial charge in [0, 0.05) is 83.3 Å². The summed E-state index contributed by atoms with van der Waals surface area (Å²) in [6.07, 6.45) is 6.02. The van der Waals surface area contributed by atoms with Crippen molar-refractivity contribution in [2.75, 3.05) is 74.1 Å². The Hall–Kier alpha value is -6.06. The van der Waals surface area contributed by atoms with Gasteiger partial charge >= 0.3 is 6.03 Å². The zero-order valence-electron chi connectivity index (χ0n) is 32.0. The maximum Gasteiger partial charge on any atom is 0.320 e. The van der Waals surface area contributed by atoms with E-state index in [0.717, 1.165) is 87.6 Å². The van der Waals surface area contributed by atoms with Crippen LogP contribution in [0.3, 0.4) is 0 Å². The Morgan fingerprint density at radius 1 is 0.895 bits per heavy atom. The average molecular weight is 775 g/mol. The van der Waals surface area contributed by atoms with Gasteiger partial charge in [0.05, 0.1) is 34.7 Å². The van der Waals surface area contributed by atoms with E-state index in [9.17, 15) is 28.8 Å². The smallest absolute Gasteiger partial charge is 0.320 e. The standard InChI is InChI=1S/C41H46N10O6/c1-46-18-19-50(40(46)57)27-4-3-15-48(22-27)32-21-43-35(36(42)53)29(44-32)20-25-7-9-26(10-8-25)47-16-13-41(14-17-47)23-49(24-41)30-6-2-5-28-34(30)39(56)51(38(28)55)31-11-12-33(52)45-37(31)54/h2,5-10,21,27,31H,3-4,11-20,22-24H2,1H3,(H2,42,53)(H,45,52,54)/t27-,31?/m0/s1. The molecule has 2 atom stereocenters. The van der Waals surface area contributed by atoms with Crippen LogP contribution in [0, 0.1) is 5.41 Å². The van der Waals surface area contributed by atoms with E-state index in [-0.39, 0.29) is 36.0 Å². The summed E-state index contributed by atoms with van der Waals surface area (Å²) >= 11 is 0. The van der Waals surface area contributed by atoms with Crippen LogP contribution in [0.25, 0.3) is 0 Å². The molecule has 7 heterocycles. The fourth-order valence-corrected chi connectivity index (χ4v) is 9.59. The molecule has 9 rings (SSSR count). The normalized spacial score (nSPS) is 23.4. The fourth-order valence-electron chi connectivity index (χ4n) is 9.59. The lowest BCUT2D eigenvalue weighted by Crippen LogP contribution is -2.61. The summed E-state index contributed by atoms with van der Waals surface area (Å²) in [5.41, 5.74) is 9.97. The molecule has 3 N–H and O–H groups in total. The first kappa shape index (κ1) is 36.6. The van der Waals surface area contributed by atoms with Crippen LogP contribution in [0.15, 0.2) is 48.7 Å². The number of aromatic nitrogens is 2. The van der Waals surface area contributed by atoms with Gasteiger partial charge in [0.25, 0.3) is 17.7 Å². The molecule has 5 saturated heterocycles. The third-order valence-electron chi connectivity index (χ3n) is 12.8. The highest BCUT2D eigenvalue weighted by Crippen LogP contribution is 2.46. The summed E-state index contributed by atoms with van der Waals surface area (Å²) in [4.78, 5) is 97.1. The number of carbonyl (C=O) groups is 6. The van der Waals surface area contributed by atoms with Crippen molar-refractivity contribution in [3.8, 4) is 0 Å².